The Balaban J connectivity index is 2.23. The first-order chi connectivity index (χ1) is 8.40. The first-order valence-electron chi connectivity index (χ1n) is 5.85. The number of carbonyl (C=O) groups excluding carboxylic acids is 2. The van der Waals surface area contributed by atoms with Crippen molar-refractivity contribution in [1.29, 1.82) is 0 Å². The molecule has 0 aromatic carbocycles. The fourth-order valence-electron chi connectivity index (χ4n) is 2.68. The first kappa shape index (κ1) is 13.3. The van der Waals surface area contributed by atoms with E-state index in [1.165, 1.54) is 14.2 Å². The van der Waals surface area contributed by atoms with Crippen molar-refractivity contribution in [2.45, 2.75) is 19.6 Å². The number of hydrogen-bond donors (Lipinski definition) is 0. The van der Waals surface area contributed by atoms with Gasteiger partial charge in [-0.15, -0.1) is 0 Å². The lowest BCUT2D eigenvalue weighted by Gasteiger charge is -2.25. The molecule has 1 saturated heterocycles. The van der Waals surface area contributed by atoms with Gasteiger partial charge in [0.25, 0.3) is 0 Å². The van der Waals surface area contributed by atoms with Gasteiger partial charge in [-0.25, -0.2) is 0 Å². The summed E-state index contributed by atoms with van der Waals surface area (Å²) < 4.78 is 20.6. The van der Waals surface area contributed by atoms with Gasteiger partial charge >= 0.3 is 11.9 Å². The van der Waals surface area contributed by atoms with Crippen LogP contribution in [0.25, 0.3) is 0 Å². The van der Waals surface area contributed by atoms with Crippen LogP contribution >= 0.6 is 0 Å². The van der Waals surface area contributed by atoms with E-state index in [4.69, 9.17) is 18.9 Å². The number of fused-ring (bicyclic) bond motifs is 1. The lowest BCUT2D eigenvalue weighted by Crippen LogP contribution is -2.37. The van der Waals surface area contributed by atoms with Crippen LogP contribution in [0, 0.1) is 17.3 Å². The largest absolute Gasteiger partial charge is 0.468 e. The summed E-state index contributed by atoms with van der Waals surface area (Å²) in [6.45, 7) is 4.16. The minimum Gasteiger partial charge on any atom is -0.468 e. The van der Waals surface area contributed by atoms with Crippen molar-refractivity contribution in [2.24, 2.45) is 17.3 Å². The summed E-state index contributed by atoms with van der Waals surface area (Å²) in [6.07, 6.45) is 0. The summed E-state index contributed by atoms with van der Waals surface area (Å²) >= 11 is 0. The van der Waals surface area contributed by atoms with Crippen LogP contribution < -0.4 is 0 Å². The molecular weight excluding hydrogens is 240 g/mol. The molecule has 0 unspecified atom stereocenters. The predicted octanol–water partition coefficient (Wildman–Crippen LogP) is 0.348. The highest BCUT2D eigenvalue weighted by Gasteiger charge is 2.77. The van der Waals surface area contributed by atoms with Crippen molar-refractivity contribution in [3.05, 3.63) is 0 Å². The summed E-state index contributed by atoms with van der Waals surface area (Å²) in [4.78, 5) is 23.8. The second-order valence-electron chi connectivity index (χ2n) is 5.09. The van der Waals surface area contributed by atoms with E-state index in [-0.39, 0.29) is 25.0 Å². The fourth-order valence-corrected chi connectivity index (χ4v) is 2.68. The average molecular weight is 258 g/mol. The van der Waals surface area contributed by atoms with Gasteiger partial charge in [-0.2, -0.15) is 0 Å². The fraction of sp³-hybridized carbons (Fsp3) is 0.833. The van der Waals surface area contributed by atoms with Gasteiger partial charge < -0.3 is 18.9 Å². The molecule has 0 aromatic heterocycles. The molecule has 0 bridgehead atoms. The molecule has 2 rings (SSSR count). The van der Waals surface area contributed by atoms with Crippen LogP contribution in [0.3, 0.4) is 0 Å². The van der Waals surface area contributed by atoms with Crippen LogP contribution in [0.4, 0.5) is 0 Å². The number of rotatable bonds is 2. The maximum atomic E-state index is 11.9. The first-order valence-corrected chi connectivity index (χ1v) is 5.85. The van der Waals surface area contributed by atoms with E-state index in [9.17, 15) is 9.59 Å². The third kappa shape index (κ3) is 1.71. The van der Waals surface area contributed by atoms with Crippen molar-refractivity contribution in [1.82, 2.24) is 0 Å². The third-order valence-corrected chi connectivity index (χ3v) is 3.81. The van der Waals surface area contributed by atoms with Gasteiger partial charge in [0.05, 0.1) is 27.4 Å². The Bertz CT molecular complexity index is 341. The van der Waals surface area contributed by atoms with Crippen molar-refractivity contribution in [3.63, 3.8) is 0 Å². The van der Waals surface area contributed by atoms with E-state index in [0.29, 0.717) is 0 Å². The van der Waals surface area contributed by atoms with E-state index in [2.05, 4.69) is 0 Å². The monoisotopic (exact) mass is 258 g/mol. The number of methoxy groups -OCH3 is 2. The van der Waals surface area contributed by atoms with Crippen LogP contribution in [0.15, 0.2) is 0 Å². The number of carbonyl (C=O) groups is 2. The molecule has 1 heterocycles. The van der Waals surface area contributed by atoms with E-state index in [1.807, 2.05) is 0 Å². The smallest absolute Gasteiger partial charge is 0.324 e. The second-order valence-corrected chi connectivity index (χ2v) is 5.09. The zero-order chi connectivity index (χ0) is 13.6. The van der Waals surface area contributed by atoms with Gasteiger partial charge in [0.15, 0.2) is 11.2 Å². The molecule has 0 amide bonds. The van der Waals surface area contributed by atoms with Gasteiger partial charge in [0.1, 0.15) is 0 Å². The highest BCUT2D eigenvalue weighted by atomic mass is 16.7. The van der Waals surface area contributed by atoms with Crippen LogP contribution in [-0.2, 0) is 28.5 Å². The summed E-state index contributed by atoms with van der Waals surface area (Å²) in [6, 6.07) is 0. The lowest BCUT2D eigenvalue weighted by atomic mass is 10.0. The summed E-state index contributed by atoms with van der Waals surface area (Å²) in [5.41, 5.74) is -1.25. The van der Waals surface area contributed by atoms with Gasteiger partial charge in [-0.05, 0) is 13.8 Å². The Kier molecular flexibility index (Phi) is 3.11. The molecule has 2 aliphatic rings. The second kappa shape index (κ2) is 4.20. The lowest BCUT2D eigenvalue weighted by molar-refractivity contribution is -0.213. The molecule has 18 heavy (non-hydrogen) atoms. The van der Waals surface area contributed by atoms with Crippen molar-refractivity contribution >= 4 is 11.9 Å². The molecule has 102 valence electrons. The molecule has 1 aliphatic heterocycles. The highest BCUT2D eigenvalue weighted by molar-refractivity contribution is 6.04. The Morgan fingerprint density at radius 1 is 1.00 bits per heavy atom. The van der Waals surface area contributed by atoms with Crippen LogP contribution in [0.1, 0.15) is 13.8 Å². The summed E-state index contributed by atoms with van der Waals surface area (Å²) in [5, 5.41) is 0. The SMILES string of the molecule is COC(=O)C1(C(=O)OC)[C@@H]2COC(C)(C)OC[C@@H]21. The van der Waals surface area contributed by atoms with E-state index in [1.54, 1.807) is 13.8 Å². The quantitative estimate of drug-likeness (QED) is 0.525. The minimum absolute atomic E-state index is 0.237. The molecule has 2 atom stereocenters. The standard InChI is InChI=1S/C12H18O6/c1-11(2)17-5-7-8(6-18-11)12(7,9(13)15-3)10(14)16-4/h7-8H,5-6H2,1-4H3/t7-,8+. The van der Waals surface area contributed by atoms with Crippen molar-refractivity contribution in [3.8, 4) is 0 Å². The zero-order valence-electron chi connectivity index (χ0n) is 11.0. The van der Waals surface area contributed by atoms with Crippen LogP contribution in [0.5, 0.6) is 0 Å². The molecule has 0 spiro atoms. The Labute approximate surface area is 106 Å². The topological polar surface area (TPSA) is 71.1 Å². The highest BCUT2D eigenvalue weighted by Crippen LogP contribution is 2.61. The molecule has 6 heteroatoms. The Hall–Kier alpha value is -1.14. The van der Waals surface area contributed by atoms with Crippen molar-refractivity contribution in [2.75, 3.05) is 27.4 Å². The molecule has 6 nitrogen and oxygen atoms in total. The van der Waals surface area contributed by atoms with E-state index < -0.39 is 23.1 Å². The molecule has 1 aliphatic carbocycles. The molecule has 1 saturated carbocycles. The third-order valence-electron chi connectivity index (χ3n) is 3.81. The van der Waals surface area contributed by atoms with Crippen molar-refractivity contribution < 1.29 is 28.5 Å². The van der Waals surface area contributed by atoms with Gasteiger partial charge in [-0.1, -0.05) is 0 Å². The number of ether oxygens (including phenoxy) is 4. The summed E-state index contributed by atoms with van der Waals surface area (Å²) in [7, 11) is 2.52. The minimum atomic E-state index is -1.25. The van der Waals surface area contributed by atoms with Crippen LogP contribution in [-0.4, -0.2) is 45.2 Å². The zero-order valence-corrected chi connectivity index (χ0v) is 11.0. The number of esters is 2. The maximum absolute atomic E-state index is 11.9. The van der Waals surface area contributed by atoms with Gasteiger partial charge in [-0.3, -0.25) is 9.59 Å². The summed E-state index contributed by atoms with van der Waals surface area (Å²) in [5.74, 6) is -2.31. The molecule has 0 radical (unpaired) electrons. The van der Waals surface area contributed by atoms with Crippen LogP contribution in [0.2, 0.25) is 0 Å². The van der Waals surface area contributed by atoms with Gasteiger partial charge in [0, 0.05) is 11.8 Å². The molecular formula is C12H18O6. The average Bonchev–Trinajstić information content (AvgIpc) is 3.03. The van der Waals surface area contributed by atoms with E-state index in [0.717, 1.165) is 0 Å². The predicted molar refractivity (Wildman–Crippen MR) is 59.4 cm³/mol. The Morgan fingerprint density at radius 2 is 1.39 bits per heavy atom. The Morgan fingerprint density at radius 3 is 1.72 bits per heavy atom. The molecule has 2 fully saturated rings. The molecule has 0 N–H and O–H groups in total. The number of hydrogen-bond acceptors (Lipinski definition) is 6. The molecule has 0 aromatic rings. The van der Waals surface area contributed by atoms with E-state index >= 15 is 0 Å². The normalized spacial score (nSPS) is 31.8. The van der Waals surface area contributed by atoms with Gasteiger partial charge in [0.2, 0.25) is 0 Å². The maximum Gasteiger partial charge on any atom is 0.324 e.